The summed E-state index contributed by atoms with van der Waals surface area (Å²) in [5.74, 6) is -1.29. The molecule has 1 aliphatic carbocycles. The van der Waals surface area contributed by atoms with E-state index in [1.165, 1.54) is 48.5 Å². The van der Waals surface area contributed by atoms with E-state index < -0.39 is 43.1 Å². The third kappa shape index (κ3) is 4.95. The number of nitrogens with one attached hydrogen (secondary N) is 1. The molecule has 0 spiro atoms. The SMILES string of the molecule is O=C1Nc2cc(S(=O)(=O)Cc3c(Cl)cccc3Cl)ccc2SC1/C=C1\C=C([N+](=O)[O-])C(O)=C[CH-]1. The summed E-state index contributed by atoms with van der Waals surface area (Å²) in [6.45, 7) is 0. The van der Waals surface area contributed by atoms with Gasteiger partial charge in [-0.1, -0.05) is 41.4 Å². The second-order valence-electron chi connectivity index (χ2n) is 7.32. The van der Waals surface area contributed by atoms with Crippen molar-refractivity contribution in [2.45, 2.75) is 20.8 Å². The van der Waals surface area contributed by atoms with Gasteiger partial charge in [-0.2, -0.15) is 0 Å². The van der Waals surface area contributed by atoms with Crippen molar-refractivity contribution in [3.8, 4) is 0 Å². The second-order valence-corrected chi connectivity index (χ2v) is 11.3. The summed E-state index contributed by atoms with van der Waals surface area (Å²) in [6, 6.07) is 9.13. The molecule has 0 radical (unpaired) electrons. The zero-order valence-corrected chi connectivity index (χ0v) is 20.2. The number of amides is 1. The number of carbonyl (C=O) groups excluding carboxylic acids is 1. The van der Waals surface area contributed by atoms with Crippen LogP contribution in [0.2, 0.25) is 10.0 Å². The molecule has 2 aromatic carbocycles. The number of nitro groups is 1. The first kappa shape index (κ1) is 24.2. The summed E-state index contributed by atoms with van der Waals surface area (Å²) in [5, 5.41) is 23.1. The van der Waals surface area contributed by atoms with E-state index in [0.717, 1.165) is 0 Å². The molecule has 0 bridgehead atoms. The normalized spacial score (nSPS) is 18.9. The Hall–Kier alpha value is -2.92. The van der Waals surface area contributed by atoms with Crippen LogP contribution in [-0.2, 0) is 20.4 Å². The third-order valence-electron chi connectivity index (χ3n) is 5.02. The maximum atomic E-state index is 13.0. The van der Waals surface area contributed by atoms with Crippen LogP contribution >= 0.6 is 35.0 Å². The van der Waals surface area contributed by atoms with Crippen LogP contribution < -0.4 is 5.32 Å². The molecule has 2 aliphatic rings. The van der Waals surface area contributed by atoms with E-state index in [0.29, 0.717) is 21.7 Å². The highest BCUT2D eigenvalue weighted by atomic mass is 35.5. The average molecular weight is 538 g/mol. The molecule has 176 valence electrons. The van der Waals surface area contributed by atoms with Crippen LogP contribution in [0.4, 0.5) is 5.69 Å². The van der Waals surface area contributed by atoms with Gasteiger partial charge in [0.1, 0.15) is 5.76 Å². The number of allylic oxidation sites excluding steroid dienone is 3. The molecule has 12 heteroatoms. The molecule has 1 unspecified atom stereocenters. The quantitative estimate of drug-likeness (QED) is 0.307. The highest BCUT2D eigenvalue weighted by Gasteiger charge is 2.27. The number of thioether (sulfide) groups is 1. The first-order chi connectivity index (χ1) is 16.0. The number of nitrogens with zero attached hydrogens (tertiary/aromatic N) is 1. The summed E-state index contributed by atoms with van der Waals surface area (Å²) < 4.78 is 25.9. The van der Waals surface area contributed by atoms with Crippen molar-refractivity contribution in [3.63, 3.8) is 0 Å². The number of anilines is 1. The van der Waals surface area contributed by atoms with Gasteiger partial charge in [-0.05, 0) is 30.3 Å². The van der Waals surface area contributed by atoms with Crippen LogP contribution in [0.15, 0.2) is 81.4 Å². The number of sulfone groups is 1. The van der Waals surface area contributed by atoms with Crippen LogP contribution in [-0.4, -0.2) is 29.6 Å². The van der Waals surface area contributed by atoms with Gasteiger partial charge in [0.25, 0.3) is 0 Å². The molecule has 0 aromatic heterocycles. The molecule has 1 aliphatic heterocycles. The molecule has 1 atom stereocenters. The lowest BCUT2D eigenvalue weighted by Gasteiger charge is -2.25. The van der Waals surface area contributed by atoms with Crippen molar-refractivity contribution in [2.75, 3.05) is 5.32 Å². The Bertz CT molecular complexity index is 1400. The first-order valence-electron chi connectivity index (χ1n) is 9.64. The van der Waals surface area contributed by atoms with E-state index in [2.05, 4.69) is 5.32 Å². The van der Waals surface area contributed by atoms with Crippen LogP contribution in [0.3, 0.4) is 0 Å². The Morgan fingerprint density at radius 2 is 1.94 bits per heavy atom. The van der Waals surface area contributed by atoms with Crippen LogP contribution in [0.25, 0.3) is 0 Å². The predicted molar refractivity (Wildman–Crippen MR) is 130 cm³/mol. The fourth-order valence-corrected chi connectivity index (χ4v) is 6.48. The minimum Gasteiger partial charge on any atom is -0.545 e. The predicted octanol–water partition coefficient (Wildman–Crippen LogP) is 5.13. The average Bonchev–Trinajstić information content (AvgIpc) is 2.77. The Kier molecular flexibility index (Phi) is 6.68. The molecule has 2 N–H and O–H groups in total. The fraction of sp³-hybridized carbons (Fsp3) is 0.0909. The van der Waals surface area contributed by atoms with Crippen LogP contribution in [0, 0.1) is 16.5 Å². The Morgan fingerprint density at radius 3 is 2.62 bits per heavy atom. The number of hydrogen-bond acceptors (Lipinski definition) is 7. The van der Waals surface area contributed by atoms with E-state index >= 15 is 0 Å². The first-order valence-corrected chi connectivity index (χ1v) is 12.9. The molecule has 8 nitrogen and oxygen atoms in total. The molecule has 1 amide bonds. The molecule has 2 aromatic rings. The number of halogens is 2. The standard InChI is InChI=1S/C22H15Cl2N2O6S2/c23-15-2-1-3-16(24)14(15)11-34(31,32)13-5-7-20-17(10-13)25-22(28)21(33-20)9-12-4-6-19(27)18(8-12)26(29)30/h1-10,21,27H,11H2,(H,25,28)/q-1/b12-9-. The summed E-state index contributed by atoms with van der Waals surface area (Å²) in [6.07, 6.45) is 5.35. The lowest BCUT2D eigenvalue weighted by molar-refractivity contribution is -0.424. The van der Waals surface area contributed by atoms with Crippen molar-refractivity contribution in [1.29, 1.82) is 0 Å². The van der Waals surface area contributed by atoms with Crippen molar-refractivity contribution < 1.29 is 23.2 Å². The van der Waals surface area contributed by atoms with Gasteiger partial charge in [0.05, 0.1) is 21.6 Å². The van der Waals surface area contributed by atoms with Gasteiger partial charge >= 0.3 is 0 Å². The lowest BCUT2D eigenvalue weighted by Crippen LogP contribution is -2.28. The number of fused-ring (bicyclic) bond motifs is 1. The van der Waals surface area contributed by atoms with Gasteiger partial charge in [0.15, 0.2) is 9.84 Å². The number of benzene rings is 2. The zero-order chi connectivity index (χ0) is 24.6. The van der Waals surface area contributed by atoms with Crippen molar-refractivity contribution in [2.24, 2.45) is 0 Å². The Morgan fingerprint density at radius 1 is 1.24 bits per heavy atom. The fourth-order valence-electron chi connectivity index (χ4n) is 3.32. The summed E-state index contributed by atoms with van der Waals surface area (Å²) >= 11 is 13.4. The largest absolute Gasteiger partial charge is 0.545 e. The Balaban J connectivity index is 1.58. The highest BCUT2D eigenvalue weighted by molar-refractivity contribution is 8.01. The van der Waals surface area contributed by atoms with Crippen LogP contribution in [0.5, 0.6) is 0 Å². The number of aliphatic hydroxyl groups is 1. The second kappa shape index (κ2) is 9.38. The molecule has 0 fully saturated rings. The molecule has 0 saturated carbocycles. The van der Waals surface area contributed by atoms with Gasteiger partial charge in [-0.3, -0.25) is 14.9 Å². The minimum absolute atomic E-state index is 0.000254. The van der Waals surface area contributed by atoms with Gasteiger partial charge in [-0.25, -0.2) is 8.42 Å². The highest BCUT2D eigenvalue weighted by Crippen LogP contribution is 2.39. The van der Waals surface area contributed by atoms with Crippen molar-refractivity contribution in [1.82, 2.24) is 0 Å². The number of hydrogen-bond donors (Lipinski definition) is 2. The zero-order valence-electron chi connectivity index (χ0n) is 17.1. The minimum atomic E-state index is -3.81. The maximum absolute atomic E-state index is 13.0. The molecular formula is C22H15Cl2N2O6S2-. The van der Waals surface area contributed by atoms with Gasteiger partial charge in [0, 0.05) is 25.4 Å². The summed E-state index contributed by atoms with van der Waals surface area (Å²) in [5.41, 5.74) is 0.544. The smallest absolute Gasteiger partial charge is 0.232 e. The third-order valence-corrected chi connectivity index (χ3v) is 8.58. The van der Waals surface area contributed by atoms with E-state index in [4.69, 9.17) is 23.2 Å². The van der Waals surface area contributed by atoms with E-state index in [9.17, 15) is 28.4 Å². The Labute approximate surface area is 209 Å². The maximum Gasteiger partial charge on any atom is 0.232 e. The van der Waals surface area contributed by atoms with Gasteiger partial charge in [0.2, 0.25) is 11.6 Å². The van der Waals surface area contributed by atoms with E-state index in [-0.39, 0.29) is 14.9 Å². The van der Waals surface area contributed by atoms with Gasteiger partial charge < -0.3 is 10.4 Å². The number of carbonyl (C=O) groups is 1. The lowest BCUT2D eigenvalue weighted by atomic mass is 10.0. The summed E-state index contributed by atoms with van der Waals surface area (Å²) in [4.78, 5) is 23.6. The van der Waals surface area contributed by atoms with Gasteiger partial charge in [-0.15, -0.1) is 29.8 Å². The van der Waals surface area contributed by atoms with E-state index in [1.54, 1.807) is 24.3 Å². The van der Waals surface area contributed by atoms with E-state index in [1.807, 2.05) is 0 Å². The van der Waals surface area contributed by atoms with Crippen LogP contribution in [0.1, 0.15) is 5.56 Å². The number of aliphatic hydroxyl groups excluding tert-OH is 1. The topological polar surface area (TPSA) is 127 Å². The molecule has 4 rings (SSSR count). The van der Waals surface area contributed by atoms with Crippen molar-refractivity contribution >= 4 is 56.4 Å². The number of rotatable bonds is 5. The molecule has 0 saturated heterocycles. The monoisotopic (exact) mass is 537 g/mol. The van der Waals surface area contributed by atoms with Crippen molar-refractivity contribution in [3.05, 3.63) is 104 Å². The molecular weight excluding hydrogens is 523 g/mol. The summed E-state index contributed by atoms with van der Waals surface area (Å²) in [7, 11) is -3.81. The molecule has 1 heterocycles. The molecule has 34 heavy (non-hydrogen) atoms.